The van der Waals surface area contributed by atoms with Crippen LogP contribution in [0.3, 0.4) is 0 Å². The Kier molecular flexibility index (Phi) is 3.10. The van der Waals surface area contributed by atoms with Gasteiger partial charge in [-0.25, -0.2) is 4.98 Å². The zero-order valence-corrected chi connectivity index (χ0v) is 10.9. The highest BCUT2D eigenvalue weighted by Gasteiger charge is 2.38. The SMILES string of the molecule is N#Cc1cccc(NC2CC2c2cccc(Cl)c2)n1. The first-order valence-corrected chi connectivity index (χ1v) is 6.53. The first kappa shape index (κ1) is 12.0. The minimum atomic E-state index is 0.375. The summed E-state index contributed by atoms with van der Waals surface area (Å²) in [6.45, 7) is 0. The monoisotopic (exact) mass is 269 g/mol. The number of nitrogens with zero attached hydrogens (tertiary/aromatic N) is 2. The Morgan fingerprint density at radius 1 is 1.26 bits per heavy atom. The lowest BCUT2D eigenvalue weighted by Gasteiger charge is -2.05. The Balaban J connectivity index is 1.69. The molecule has 1 N–H and O–H groups in total. The van der Waals surface area contributed by atoms with Gasteiger partial charge >= 0.3 is 0 Å². The second-order valence-corrected chi connectivity index (χ2v) is 5.10. The van der Waals surface area contributed by atoms with Crippen molar-refractivity contribution in [1.82, 2.24) is 4.98 Å². The standard InChI is InChI=1S/C15H12ClN3/c16-11-4-1-3-10(7-11)13-8-14(13)19-15-6-2-5-12(9-17)18-15/h1-7,13-14H,8H2,(H,18,19). The van der Waals surface area contributed by atoms with Gasteiger partial charge < -0.3 is 5.32 Å². The number of halogens is 1. The molecule has 0 bridgehead atoms. The van der Waals surface area contributed by atoms with Gasteiger partial charge in [0.15, 0.2) is 0 Å². The average molecular weight is 270 g/mol. The molecule has 4 heteroatoms. The Bertz CT molecular complexity index is 648. The van der Waals surface area contributed by atoms with E-state index in [4.69, 9.17) is 16.9 Å². The molecule has 1 fully saturated rings. The topological polar surface area (TPSA) is 48.7 Å². The third kappa shape index (κ3) is 2.69. The van der Waals surface area contributed by atoms with E-state index in [9.17, 15) is 0 Å². The highest BCUT2D eigenvalue weighted by Crippen LogP contribution is 2.43. The maximum Gasteiger partial charge on any atom is 0.142 e. The summed E-state index contributed by atoms with van der Waals surface area (Å²) in [5.41, 5.74) is 1.69. The zero-order chi connectivity index (χ0) is 13.2. The van der Waals surface area contributed by atoms with Crippen LogP contribution < -0.4 is 5.32 Å². The summed E-state index contributed by atoms with van der Waals surface area (Å²) in [7, 11) is 0. The fraction of sp³-hybridized carbons (Fsp3) is 0.200. The number of anilines is 1. The maximum absolute atomic E-state index is 8.82. The highest BCUT2D eigenvalue weighted by atomic mass is 35.5. The van der Waals surface area contributed by atoms with Crippen LogP contribution in [0.15, 0.2) is 42.5 Å². The molecule has 2 atom stereocenters. The molecule has 3 rings (SSSR count). The lowest BCUT2D eigenvalue weighted by molar-refractivity contribution is 1.03. The van der Waals surface area contributed by atoms with Gasteiger partial charge in [-0.1, -0.05) is 29.8 Å². The van der Waals surface area contributed by atoms with E-state index in [1.54, 1.807) is 6.07 Å². The summed E-state index contributed by atoms with van der Waals surface area (Å²) in [4.78, 5) is 4.22. The van der Waals surface area contributed by atoms with Gasteiger partial charge in [0.1, 0.15) is 17.6 Å². The second-order valence-electron chi connectivity index (χ2n) is 4.67. The summed E-state index contributed by atoms with van der Waals surface area (Å²) in [6.07, 6.45) is 1.07. The van der Waals surface area contributed by atoms with Crippen molar-refractivity contribution in [3.05, 3.63) is 58.7 Å². The maximum atomic E-state index is 8.82. The number of benzene rings is 1. The molecule has 0 saturated heterocycles. The van der Waals surface area contributed by atoms with Gasteiger partial charge in [-0.2, -0.15) is 5.26 Å². The average Bonchev–Trinajstić information content (AvgIpc) is 3.18. The fourth-order valence-corrected chi connectivity index (χ4v) is 2.43. The van der Waals surface area contributed by atoms with Gasteiger partial charge in [0.2, 0.25) is 0 Å². The lowest BCUT2D eigenvalue weighted by atomic mass is 10.1. The summed E-state index contributed by atoms with van der Waals surface area (Å²) < 4.78 is 0. The van der Waals surface area contributed by atoms with Gasteiger partial charge in [-0.05, 0) is 36.2 Å². The predicted octanol–water partition coefficient (Wildman–Crippen LogP) is 3.57. The molecule has 1 saturated carbocycles. The zero-order valence-electron chi connectivity index (χ0n) is 10.2. The molecule has 1 aromatic carbocycles. The van der Waals surface area contributed by atoms with Gasteiger partial charge in [0.05, 0.1) is 0 Å². The molecule has 1 aromatic heterocycles. The molecule has 2 aromatic rings. The Hall–Kier alpha value is -2.05. The third-order valence-electron chi connectivity index (χ3n) is 3.26. The van der Waals surface area contributed by atoms with Crippen molar-refractivity contribution < 1.29 is 0 Å². The number of rotatable bonds is 3. The number of aromatic nitrogens is 1. The smallest absolute Gasteiger partial charge is 0.142 e. The number of hydrogen-bond donors (Lipinski definition) is 1. The molecule has 94 valence electrons. The van der Waals surface area contributed by atoms with E-state index in [2.05, 4.69) is 16.4 Å². The van der Waals surface area contributed by atoms with E-state index in [0.717, 1.165) is 17.3 Å². The largest absolute Gasteiger partial charge is 0.367 e. The number of nitrogens with one attached hydrogen (secondary N) is 1. The van der Waals surface area contributed by atoms with E-state index < -0.39 is 0 Å². The van der Waals surface area contributed by atoms with Crippen LogP contribution in [-0.4, -0.2) is 11.0 Å². The van der Waals surface area contributed by atoms with E-state index in [1.165, 1.54) is 5.56 Å². The molecule has 0 spiro atoms. The van der Waals surface area contributed by atoms with E-state index >= 15 is 0 Å². The Morgan fingerprint density at radius 3 is 2.89 bits per heavy atom. The molecular weight excluding hydrogens is 258 g/mol. The molecule has 0 radical (unpaired) electrons. The summed E-state index contributed by atoms with van der Waals surface area (Å²) in [6, 6.07) is 15.8. The van der Waals surface area contributed by atoms with Crippen molar-refractivity contribution in [2.75, 3.05) is 5.32 Å². The van der Waals surface area contributed by atoms with Crippen molar-refractivity contribution in [2.24, 2.45) is 0 Å². The van der Waals surface area contributed by atoms with Crippen LogP contribution in [0.4, 0.5) is 5.82 Å². The van der Waals surface area contributed by atoms with Crippen molar-refractivity contribution in [1.29, 1.82) is 5.26 Å². The first-order chi connectivity index (χ1) is 9.26. The minimum absolute atomic E-state index is 0.375. The quantitative estimate of drug-likeness (QED) is 0.927. The third-order valence-corrected chi connectivity index (χ3v) is 3.50. The molecule has 1 aliphatic rings. The predicted molar refractivity (Wildman–Crippen MR) is 75.2 cm³/mol. The van der Waals surface area contributed by atoms with E-state index in [0.29, 0.717) is 17.7 Å². The molecule has 0 aliphatic heterocycles. The summed E-state index contributed by atoms with van der Waals surface area (Å²) in [5, 5.41) is 12.9. The molecule has 1 heterocycles. The number of pyridine rings is 1. The summed E-state index contributed by atoms with van der Waals surface area (Å²) in [5.74, 6) is 1.24. The first-order valence-electron chi connectivity index (χ1n) is 6.15. The van der Waals surface area contributed by atoms with E-state index in [-0.39, 0.29) is 0 Å². The van der Waals surface area contributed by atoms with E-state index in [1.807, 2.05) is 36.4 Å². The van der Waals surface area contributed by atoms with Crippen molar-refractivity contribution in [3.8, 4) is 6.07 Å². The van der Waals surface area contributed by atoms with Gasteiger partial charge in [0.25, 0.3) is 0 Å². The van der Waals surface area contributed by atoms with Gasteiger partial charge in [-0.3, -0.25) is 0 Å². The normalized spacial score (nSPS) is 20.6. The molecule has 0 amide bonds. The fourth-order valence-electron chi connectivity index (χ4n) is 2.23. The molecule has 19 heavy (non-hydrogen) atoms. The van der Waals surface area contributed by atoms with Gasteiger partial charge in [-0.15, -0.1) is 0 Å². The summed E-state index contributed by atoms with van der Waals surface area (Å²) >= 11 is 6.00. The highest BCUT2D eigenvalue weighted by molar-refractivity contribution is 6.30. The Labute approximate surface area is 116 Å². The van der Waals surface area contributed by atoms with Crippen LogP contribution in [0.1, 0.15) is 23.6 Å². The molecule has 2 unspecified atom stereocenters. The lowest BCUT2D eigenvalue weighted by Crippen LogP contribution is -2.06. The molecular formula is C15H12ClN3. The van der Waals surface area contributed by atoms with Crippen LogP contribution in [0.25, 0.3) is 0 Å². The number of hydrogen-bond acceptors (Lipinski definition) is 3. The van der Waals surface area contributed by atoms with Crippen LogP contribution in [0.2, 0.25) is 5.02 Å². The van der Waals surface area contributed by atoms with Crippen LogP contribution >= 0.6 is 11.6 Å². The van der Waals surface area contributed by atoms with Gasteiger partial charge in [0, 0.05) is 17.0 Å². The van der Waals surface area contributed by atoms with Crippen LogP contribution in [-0.2, 0) is 0 Å². The Morgan fingerprint density at radius 2 is 2.11 bits per heavy atom. The minimum Gasteiger partial charge on any atom is -0.367 e. The molecule has 1 aliphatic carbocycles. The van der Waals surface area contributed by atoms with Crippen LogP contribution in [0, 0.1) is 11.3 Å². The van der Waals surface area contributed by atoms with Crippen molar-refractivity contribution in [2.45, 2.75) is 18.4 Å². The van der Waals surface area contributed by atoms with Crippen molar-refractivity contribution >= 4 is 17.4 Å². The second kappa shape index (κ2) is 4.91. The molecule has 3 nitrogen and oxygen atoms in total. The van der Waals surface area contributed by atoms with Crippen LogP contribution in [0.5, 0.6) is 0 Å². The van der Waals surface area contributed by atoms with Crippen molar-refractivity contribution in [3.63, 3.8) is 0 Å². The number of nitriles is 1.